The predicted octanol–water partition coefficient (Wildman–Crippen LogP) is 4.73. The number of para-hydroxylation sites is 1. The average Bonchev–Trinajstić information content (AvgIpc) is 3.13. The van der Waals surface area contributed by atoms with Gasteiger partial charge < -0.3 is 20.1 Å². The number of nitrogens with one attached hydrogen (secondary N) is 1. The standard InChI is InChI=1S/C20H23ClN2O2S/c1-14-17(21)8-4-9-18(14)22-20(26)23(13-16-7-5-11-25-16)12-15-6-2-3-10-19(15)24/h2-4,6,8-10,16,24H,5,7,11-13H2,1H3,(H,22,26)/t16-/m1/s1. The van der Waals surface area contributed by atoms with Gasteiger partial charge in [0.25, 0.3) is 0 Å². The van der Waals surface area contributed by atoms with Crippen molar-refractivity contribution in [2.45, 2.75) is 32.4 Å². The highest BCUT2D eigenvalue weighted by molar-refractivity contribution is 7.80. The summed E-state index contributed by atoms with van der Waals surface area (Å²) in [6.07, 6.45) is 2.25. The van der Waals surface area contributed by atoms with E-state index < -0.39 is 0 Å². The highest BCUT2D eigenvalue weighted by Crippen LogP contribution is 2.25. The zero-order valence-electron chi connectivity index (χ0n) is 14.7. The van der Waals surface area contributed by atoms with Gasteiger partial charge in [-0.05, 0) is 55.7 Å². The van der Waals surface area contributed by atoms with Crippen molar-refractivity contribution in [2.75, 3.05) is 18.5 Å². The second-order valence-electron chi connectivity index (χ2n) is 6.49. The third kappa shape index (κ3) is 4.67. The zero-order chi connectivity index (χ0) is 18.5. The molecule has 1 aliphatic rings. The number of anilines is 1. The van der Waals surface area contributed by atoms with Crippen molar-refractivity contribution >= 4 is 34.6 Å². The van der Waals surface area contributed by atoms with Gasteiger partial charge in [0.1, 0.15) is 5.75 Å². The van der Waals surface area contributed by atoms with Crippen LogP contribution in [0.25, 0.3) is 0 Å². The van der Waals surface area contributed by atoms with E-state index in [1.165, 1.54) is 0 Å². The summed E-state index contributed by atoms with van der Waals surface area (Å²) in [7, 11) is 0. The lowest BCUT2D eigenvalue weighted by Gasteiger charge is -2.29. The van der Waals surface area contributed by atoms with Gasteiger partial charge in [-0.2, -0.15) is 0 Å². The van der Waals surface area contributed by atoms with Crippen molar-refractivity contribution in [1.82, 2.24) is 4.90 Å². The number of thiocarbonyl (C=S) groups is 1. The molecule has 0 bridgehead atoms. The first-order valence-corrected chi connectivity index (χ1v) is 9.52. The Labute approximate surface area is 164 Å². The number of benzene rings is 2. The topological polar surface area (TPSA) is 44.7 Å². The van der Waals surface area contributed by atoms with Crippen molar-refractivity contribution in [3.63, 3.8) is 0 Å². The number of hydrogen-bond donors (Lipinski definition) is 2. The van der Waals surface area contributed by atoms with Crippen molar-refractivity contribution in [3.8, 4) is 5.75 Å². The zero-order valence-corrected chi connectivity index (χ0v) is 16.3. The van der Waals surface area contributed by atoms with Crippen LogP contribution in [0.3, 0.4) is 0 Å². The molecular weight excluding hydrogens is 368 g/mol. The number of aromatic hydroxyl groups is 1. The number of hydrogen-bond acceptors (Lipinski definition) is 3. The van der Waals surface area contributed by atoms with Crippen molar-refractivity contribution < 1.29 is 9.84 Å². The van der Waals surface area contributed by atoms with Gasteiger partial charge in [0.2, 0.25) is 0 Å². The van der Waals surface area contributed by atoms with E-state index >= 15 is 0 Å². The highest BCUT2D eigenvalue weighted by Gasteiger charge is 2.22. The molecule has 0 spiro atoms. The van der Waals surface area contributed by atoms with Crippen LogP contribution in [0, 0.1) is 6.92 Å². The van der Waals surface area contributed by atoms with Gasteiger partial charge in [0.05, 0.1) is 6.10 Å². The van der Waals surface area contributed by atoms with Crippen LogP contribution < -0.4 is 5.32 Å². The fourth-order valence-electron chi connectivity index (χ4n) is 3.04. The first-order valence-electron chi connectivity index (χ1n) is 8.74. The molecule has 1 atom stereocenters. The molecule has 0 aromatic heterocycles. The van der Waals surface area contributed by atoms with E-state index in [0.29, 0.717) is 23.2 Å². The Bertz CT molecular complexity index is 778. The molecule has 0 saturated carbocycles. The maximum Gasteiger partial charge on any atom is 0.173 e. The minimum atomic E-state index is 0.154. The summed E-state index contributed by atoms with van der Waals surface area (Å²) in [5, 5.41) is 14.7. The van der Waals surface area contributed by atoms with Crippen LogP contribution in [-0.2, 0) is 11.3 Å². The van der Waals surface area contributed by atoms with E-state index in [1.54, 1.807) is 6.07 Å². The van der Waals surface area contributed by atoms with E-state index in [4.69, 9.17) is 28.6 Å². The lowest BCUT2D eigenvalue weighted by Crippen LogP contribution is -2.39. The second-order valence-corrected chi connectivity index (χ2v) is 7.28. The van der Waals surface area contributed by atoms with Gasteiger partial charge in [-0.1, -0.05) is 35.9 Å². The monoisotopic (exact) mass is 390 g/mol. The molecule has 1 fully saturated rings. The minimum absolute atomic E-state index is 0.154. The van der Waals surface area contributed by atoms with E-state index in [2.05, 4.69) is 5.32 Å². The van der Waals surface area contributed by atoms with Gasteiger partial charge in [-0.25, -0.2) is 0 Å². The van der Waals surface area contributed by atoms with E-state index in [9.17, 15) is 5.11 Å². The highest BCUT2D eigenvalue weighted by atomic mass is 35.5. The van der Waals surface area contributed by atoms with Crippen LogP contribution in [0.15, 0.2) is 42.5 Å². The third-order valence-corrected chi connectivity index (χ3v) is 5.37. The molecule has 0 aliphatic carbocycles. The summed E-state index contributed by atoms with van der Waals surface area (Å²) < 4.78 is 5.78. The van der Waals surface area contributed by atoms with Gasteiger partial charge >= 0.3 is 0 Å². The first kappa shape index (κ1) is 19.0. The van der Waals surface area contributed by atoms with Crippen LogP contribution >= 0.6 is 23.8 Å². The Morgan fingerprint density at radius 1 is 1.31 bits per heavy atom. The Hall–Kier alpha value is -1.82. The smallest absolute Gasteiger partial charge is 0.173 e. The number of nitrogens with zero attached hydrogens (tertiary/aromatic N) is 1. The van der Waals surface area contributed by atoms with Crippen molar-refractivity contribution in [1.29, 1.82) is 0 Å². The largest absolute Gasteiger partial charge is 0.508 e. The summed E-state index contributed by atoms with van der Waals surface area (Å²) in [4.78, 5) is 2.04. The van der Waals surface area contributed by atoms with Crippen LogP contribution in [0.2, 0.25) is 5.02 Å². The van der Waals surface area contributed by atoms with E-state index in [0.717, 1.165) is 36.3 Å². The molecule has 138 valence electrons. The summed E-state index contributed by atoms with van der Waals surface area (Å²) in [5.41, 5.74) is 2.67. The van der Waals surface area contributed by atoms with Gasteiger partial charge in [-0.15, -0.1) is 0 Å². The van der Waals surface area contributed by atoms with Gasteiger partial charge in [0, 0.05) is 36.0 Å². The molecule has 1 aliphatic heterocycles. The third-order valence-electron chi connectivity index (χ3n) is 4.60. The van der Waals surface area contributed by atoms with Gasteiger partial charge in [0.15, 0.2) is 5.11 Å². The van der Waals surface area contributed by atoms with Crippen LogP contribution in [0.1, 0.15) is 24.0 Å². The van der Waals surface area contributed by atoms with Crippen LogP contribution in [0.5, 0.6) is 5.75 Å². The number of halogens is 1. The maximum atomic E-state index is 10.1. The molecule has 1 heterocycles. The number of rotatable bonds is 5. The summed E-state index contributed by atoms with van der Waals surface area (Å²) in [5.74, 6) is 0.270. The first-order chi connectivity index (χ1) is 12.5. The summed E-state index contributed by atoms with van der Waals surface area (Å²) >= 11 is 11.9. The van der Waals surface area contributed by atoms with Crippen molar-refractivity contribution in [3.05, 3.63) is 58.6 Å². The van der Waals surface area contributed by atoms with E-state index in [1.807, 2.05) is 48.2 Å². The number of phenols is 1. The van der Waals surface area contributed by atoms with Crippen LogP contribution in [0.4, 0.5) is 5.69 Å². The van der Waals surface area contributed by atoms with Gasteiger partial charge in [-0.3, -0.25) is 0 Å². The summed E-state index contributed by atoms with van der Waals surface area (Å²) in [6, 6.07) is 13.0. The number of ether oxygens (including phenoxy) is 1. The molecular formula is C20H23ClN2O2S. The molecule has 0 amide bonds. The normalized spacial score (nSPS) is 16.5. The molecule has 2 aromatic rings. The number of phenolic OH excluding ortho intramolecular Hbond substituents is 1. The van der Waals surface area contributed by atoms with E-state index in [-0.39, 0.29) is 11.9 Å². The molecule has 6 heteroatoms. The molecule has 0 radical (unpaired) electrons. The Morgan fingerprint density at radius 3 is 2.85 bits per heavy atom. The molecule has 26 heavy (non-hydrogen) atoms. The fourth-order valence-corrected chi connectivity index (χ4v) is 3.46. The average molecular weight is 391 g/mol. The van der Waals surface area contributed by atoms with Crippen LogP contribution in [-0.4, -0.2) is 34.4 Å². The Kier molecular flexibility index (Phi) is 6.35. The fraction of sp³-hybridized carbons (Fsp3) is 0.350. The SMILES string of the molecule is Cc1c(Cl)cccc1NC(=S)N(Cc1ccccc1O)C[C@H]1CCCO1. The maximum absolute atomic E-state index is 10.1. The quantitative estimate of drug-likeness (QED) is 0.722. The molecule has 1 saturated heterocycles. The molecule has 3 rings (SSSR count). The Balaban J connectivity index is 1.78. The lowest BCUT2D eigenvalue weighted by atomic mass is 10.1. The minimum Gasteiger partial charge on any atom is -0.508 e. The predicted molar refractivity (Wildman–Crippen MR) is 110 cm³/mol. The lowest BCUT2D eigenvalue weighted by molar-refractivity contribution is 0.0904. The molecule has 2 aromatic carbocycles. The molecule has 2 N–H and O–H groups in total. The molecule has 0 unspecified atom stereocenters. The molecule has 4 nitrogen and oxygen atoms in total. The summed E-state index contributed by atoms with van der Waals surface area (Å²) in [6.45, 7) is 3.95. The van der Waals surface area contributed by atoms with Crippen molar-refractivity contribution in [2.24, 2.45) is 0 Å². The second kappa shape index (κ2) is 8.71. The Morgan fingerprint density at radius 2 is 2.12 bits per heavy atom.